The number of hydrogen-bond acceptors (Lipinski definition) is 6. The highest BCUT2D eigenvalue weighted by atomic mass is 16.5. The molecule has 0 aromatic carbocycles. The van der Waals surface area contributed by atoms with Crippen molar-refractivity contribution in [2.75, 3.05) is 32.1 Å². The van der Waals surface area contributed by atoms with E-state index in [0.717, 1.165) is 0 Å². The molecule has 0 bridgehead atoms. The first kappa shape index (κ1) is 15.1. The summed E-state index contributed by atoms with van der Waals surface area (Å²) in [5.41, 5.74) is 0. The molecule has 22 heavy (non-hydrogen) atoms. The number of ether oxygens (including phenoxy) is 1. The average Bonchev–Trinajstić information content (AvgIpc) is 3.22. The zero-order valence-electron chi connectivity index (χ0n) is 13.3. The molecule has 2 aliphatic rings. The van der Waals surface area contributed by atoms with Crippen LogP contribution in [0.15, 0.2) is 4.52 Å². The molecule has 0 spiro atoms. The molecule has 1 saturated carbocycles. The van der Waals surface area contributed by atoms with Gasteiger partial charge in [0, 0.05) is 27.2 Å². The third-order valence-corrected chi connectivity index (χ3v) is 3.97. The summed E-state index contributed by atoms with van der Waals surface area (Å²) in [5, 5.41) is 6.65. The van der Waals surface area contributed by atoms with Crippen LogP contribution in [0.25, 0.3) is 0 Å². The van der Waals surface area contributed by atoms with E-state index in [1.807, 2.05) is 25.9 Å². The minimum Gasteiger partial charge on any atom is -0.371 e. The van der Waals surface area contributed by atoms with Gasteiger partial charge in [0.1, 0.15) is 0 Å². The topological polar surface area (TPSA) is 83.7 Å². The van der Waals surface area contributed by atoms with Gasteiger partial charge in [-0.3, -0.25) is 0 Å². The van der Waals surface area contributed by atoms with E-state index in [-0.39, 0.29) is 24.8 Å². The molecule has 1 aliphatic heterocycles. The minimum absolute atomic E-state index is 0.0776. The van der Waals surface area contributed by atoms with Crippen molar-refractivity contribution in [3.8, 4) is 0 Å². The Balaban J connectivity index is 1.52. The van der Waals surface area contributed by atoms with Crippen molar-refractivity contribution in [2.24, 2.45) is 5.92 Å². The number of nitrogens with zero attached hydrogens (tertiary/aromatic N) is 4. The third-order valence-electron chi connectivity index (χ3n) is 3.97. The molecule has 1 N–H and O–H groups in total. The van der Waals surface area contributed by atoms with Gasteiger partial charge in [-0.2, -0.15) is 4.98 Å². The first-order chi connectivity index (χ1) is 10.5. The monoisotopic (exact) mass is 309 g/mol. The van der Waals surface area contributed by atoms with Gasteiger partial charge in [0.15, 0.2) is 0 Å². The Hall–Kier alpha value is -1.83. The molecule has 1 aromatic heterocycles. The van der Waals surface area contributed by atoms with Crippen LogP contribution < -0.4 is 10.2 Å². The van der Waals surface area contributed by atoms with E-state index in [9.17, 15) is 4.79 Å². The molecule has 0 unspecified atom stereocenters. The van der Waals surface area contributed by atoms with Crippen LogP contribution in [0.3, 0.4) is 0 Å². The Labute approximate surface area is 129 Å². The Morgan fingerprint density at radius 1 is 1.41 bits per heavy atom. The molecule has 1 saturated heterocycles. The van der Waals surface area contributed by atoms with Gasteiger partial charge in [-0.25, -0.2) is 4.79 Å². The summed E-state index contributed by atoms with van der Waals surface area (Å²) in [5.74, 6) is 1.52. The van der Waals surface area contributed by atoms with Gasteiger partial charge in [-0.05, 0) is 30.8 Å². The Bertz CT molecular complexity index is 528. The largest absolute Gasteiger partial charge is 0.371 e. The van der Waals surface area contributed by atoms with Gasteiger partial charge < -0.3 is 24.4 Å². The Morgan fingerprint density at radius 2 is 2.18 bits per heavy atom. The predicted molar refractivity (Wildman–Crippen MR) is 79.5 cm³/mol. The summed E-state index contributed by atoms with van der Waals surface area (Å²) in [6, 6.07) is -0.106. The zero-order chi connectivity index (χ0) is 15.7. The number of hydrogen-bond donors (Lipinski definition) is 1. The predicted octanol–water partition coefficient (Wildman–Crippen LogP) is 0.845. The lowest BCUT2D eigenvalue weighted by atomic mass is 10.1. The van der Waals surface area contributed by atoms with Crippen molar-refractivity contribution < 1.29 is 14.1 Å². The average molecular weight is 309 g/mol. The van der Waals surface area contributed by atoms with Crippen LogP contribution in [0.1, 0.15) is 25.7 Å². The molecule has 2 atom stereocenters. The second kappa shape index (κ2) is 6.12. The van der Waals surface area contributed by atoms with Crippen molar-refractivity contribution in [3.05, 3.63) is 5.89 Å². The van der Waals surface area contributed by atoms with E-state index in [2.05, 4.69) is 15.5 Å². The molecular formula is C14H23N5O3. The number of urea groups is 1. The number of anilines is 1. The quantitative estimate of drug-likeness (QED) is 0.887. The van der Waals surface area contributed by atoms with Gasteiger partial charge in [0.05, 0.1) is 18.8 Å². The second-order valence-corrected chi connectivity index (χ2v) is 6.27. The lowest BCUT2D eigenvalue weighted by Gasteiger charge is -2.36. The minimum atomic E-state index is -0.106. The molecule has 8 heteroatoms. The van der Waals surface area contributed by atoms with E-state index >= 15 is 0 Å². The molecular weight excluding hydrogens is 286 g/mol. The third kappa shape index (κ3) is 3.49. The zero-order valence-corrected chi connectivity index (χ0v) is 13.3. The van der Waals surface area contributed by atoms with Crippen molar-refractivity contribution in [1.82, 2.24) is 20.4 Å². The maximum absolute atomic E-state index is 12.3. The molecule has 1 aliphatic carbocycles. The highest BCUT2D eigenvalue weighted by Crippen LogP contribution is 2.36. The van der Waals surface area contributed by atoms with Crippen LogP contribution in [0.2, 0.25) is 0 Å². The van der Waals surface area contributed by atoms with Crippen molar-refractivity contribution >= 4 is 12.0 Å². The standard InChI is InChI=1S/C14H23N5O3/c1-9-7-19(8-11(21-9)10-4-5-10)14(20)15-6-12-16-13(17-22-12)18(2)3/h9-11H,4-8H2,1-3H3,(H,15,20)/t9-,11-/m1/s1. The van der Waals surface area contributed by atoms with E-state index in [1.54, 1.807) is 4.90 Å². The Morgan fingerprint density at radius 3 is 2.82 bits per heavy atom. The number of carbonyl (C=O) groups excluding carboxylic acids is 1. The summed E-state index contributed by atoms with van der Waals surface area (Å²) in [6.45, 7) is 3.52. The highest BCUT2D eigenvalue weighted by Gasteiger charge is 2.38. The SMILES string of the molecule is C[C@@H]1CN(C(=O)NCc2nc(N(C)C)no2)C[C@H](C2CC2)O1. The van der Waals surface area contributed by atoms with E-state index in [0.29, 0.717) is 30.8 Å². The fraction of sp³-hybridized carbons (Fsp3) is 0.786. The van der Waals surface area contributed by atoms with Crippen molar-refractivity contribution in [3.63, 3.8) is 0 Å². The van der Waals surface area contributed by atoms with E-state index in [4.69, 9.17) is 9.26 Å². The number of nitrogens with one attached hydrogen (secondary N) is 1. The number of aromatic nitrogens is 2. The molecule has 3 rings (SSSR count). The molecule has 2 fully saturated rings. The Kier molecular flexibility index (Phi) is 4.19. The number of amides is 2. The van der Waals surface area contributed by atoms with Gasteiger partial charge in [0.25, 0.3) is 5.95 Å². The summed E-state index contributed by atoms with van der Waals surface area (Å²) in [7, 11) is 3.67. The summed E-state index contributed by atoms with van der Waals surface area (Å²) < 4.78 is 11.0. The van der Waals surface area contributed by atoms with Crippen LogP contribution in [0, 0.1) is 5.92 Å². The fourth-order valence-electron chi connectivity index (χ4n) is 2.64. The molecule has 2 amide bonds. The first-order valence-electron chi connectivity index (χ1n) is 7.71. The van der Waals surface area contributed by atoms with Crippen LogP contribution in [-0.2, 0) is 11.3 Å². The van der Waals surface area contributed by atoms with Gasteiger partial charge in [-0.1, -0.05) is 0 Å². The lowest BCUT2D eigenvalue weighted by molar-refractivity contribution is -0.0731. The normalized spacial score (nSPS) is 25.1. The fourth-order valence-corrected chi connectivity index (χ4v) is 2.64. The summed E-state index contributed by atoms with van der Waals surface area (Å²) in [4.78, 5) is 20.1. The lowest BCUT2D eigenvalue weighted by Crippen LogP contribution is -2.52. The highest BCUT2D eigenvalue weighted by molar-refractivity contribution is 5.74. The molecule has 122 valence electrons. The van der Waals surface area contributed by atoms with Gasteiger partial charge in [0.2, 0.25) is 5.89 Å². The first-order valence-corrected chi connectivity index (χ1v) is 7.71. The maximum Gasteiger partial charge on any atom is 0.318 e. The van der Waals surface area contributed by atoms with Crippen molar-refractivity contribution in [1.29, 1.82) is 0 Å². The van der Waals surface area contributed by atoms with Crippen LogP contribution >= 0.6 is 0 Å². The van der Waals surface area contributed by atoms with E-state index < -0.39 is 0 Å². The van der Waals surface area contributed by atoms with Crippen LogP contribution in [-0.4, -0.2) is 60.5 Å². The number of carbonyl (C=O) groups is 1. The van der Waals surface area contributed by atoms with Gasteiger partial charge >= 0.3 is 6.03 Å². The maximum atomic E-state index is 12.3. The molecule has 0 radical (unpaired) electrons. The summed E-state index contributed by atoms with van der Waals surface area (Å²) >= 11 is 0. The van der Waals surface area contributed by atoms with Gasteiger partial charge in [-0.15, -0.1) is 0 Å². The van der Waals surface area contributed by atoms with Crippen LogP contribution in [0.4, 0.5) is 10.7 Å². The van der Waals surface area contributed by atoms with Crippen LogP contribution in [0.5, 0.6) is 0 Å². The second-order valence-electron chi connectivity index (χ2n) is 6.27. The molecule has 8 nitrogen and oxygen atoms in total. The smallest absolute Gasteiger partial charge is 0.318 e. The molecule has 1 aromatic rings. The van der Waals surface area contributed by atoms with Crippen molar-refractivity contribution in [2.45, 2.75) is 38.5 Å². The molecule has 2 heterocycles. The number of morpholine rings is 1. The summed E-state index contributed by atoms with van der Waals surface area (Å²) in [6.07, 6.45) is 2.68. The van der Waals surface area contributed by atoms with E-state index in [1.165, 1.54) is 12.8 Å². The number of rotatable bonds is 4.